The highest BCUT2D eigenvalue weighted by Crippen LogP contribution is 2.26. The first-order valence-electron chi connectivity index (χ1n) is 10.5. The second-order valence-corrected chi connectivity index (χ2v) is 10.4. The van der Waals surface area contributed by atoms with E-state index in [2.05, 4.69) is 17.4 Å². The molecule has 0 bridgehead atoms. The molecule has 1 unspecified atom stereocenters. The van der Waals surface area contributed by atoms with Crippen LogP contribution in [0, 0.1) is 11.7 Å². The Morgan fingerprint density at radius 1 is 1.16 bits per heavy atom. The summed E-state index contributed by atoms with van der Waals surface area (Å²) in [5.41, 5.74) is 1.22. The van der Waals surface area contributed by atoms with E-state index in [1.807, 2.05) is 25.1 Å². The largest absolute Gasteiger partial charge is 0.353 e. The summed E-state index contributed by atoms with van der Waals surface area (Å²) in [7, 11) is -3.72. The number of halogens is 2. The number of rotatable bonds is 8. The van der Waals surface area contributed by atoms with Crippen molar-refractivity contribution in [3.63, 3.8) is 0 Å². The monoisotopic (exact) mass is 466 g/mol. The fourth-order valence-electron chi connectivity index (χ4n) is 3.80. The van der Waals surface area contributed by atoms with Crippen molar-refractivity contribution < 1.29 is 17.6 Å². The van der Waals surface area contributed by atoms with Crippen molar-refractivity contribution in [3.05, 3.63) is 70.5 Å². The first-order chi connectivity index (χ1) is 14.8. The van der Waals surface area contributed by atoms with Crippen LogP contribution in [0.1, 0.15) is 37.3 Å². The van der Waals surface area contributed by atoms with Crippen molar-refractivity contribution in [2.75, 3.05) is 13.1 Å². The van der Waals surface area contributed by atoms with Crippen LogP contribution in [-0.4, -0.2) is 37.8 Å². The van der Waals surface area contributed by atoms with E-state index in [-0.39, 0.29) is 41.5 Å². The van der Waals surface area contributed by atoms with E-state index in [0.717, 1.165) is 12.8 Å². The third-order valence-electron chi connectivity index (χ3n) is 5.70. The average molecular weight is 467 g/mol. The van der Waals surface area contributed by atoms with Crippen LogP contribution < -0.4 is 5.32 Å². The fourth-order valence-corrected chi connectivity index (χ4v) is 5.72. The lowest BCUT2D eigenvalue weighted by Gasteiger charge is -2.31. The summed E-state index contributed by atoms with van der Waals surface area (Å²) in [6.45, 7) is 2.47. The van der Waals surface area contributed by atoms with Crippen molar-refractivity contribution >= 4 is 27.5 Å². The van der Waals surface area contributed by atoms with Gasteiger partial charge < -0.3 is 5.32 Å². The van der Waals surface area contributed by atoms with Gasteiger partial charge in [-0.3, -0.25) is 4.79 Å². The van der Waals surface area contributed by atoms with Crippen LogP contribution in [0.15, 0.2) is 48.5 Å². The smallest absolute Gasteiger partial charge is 0.223 e. The molecule has 1 atom stereocenters. The summed E-state index contributed by atoms with van der Waals surface area (Å²) in [5.74, 6) is -1.36. The first-order valence-corrected chi connectivity index (χ1v) is 12.5. The Hall–Kier alpha value is -1.96. The molecule has 1 fully saturated rings. The molecular formula is C23H28ClFN2O3S. The fraction of sp³-hybridized carbons (Fsp3) is 0.435. The highest BCUT2D eigenvalue weighted by Gasteiger charge is 2.32. The van der Waals surface area contributed by atoms with E-state index in [0.29, 0.717) is 12.8 Å². The van der Waals surface area contributed by atoms with Crippen LogP contribution in [0.3, 0.4) is 0 Å². The Balaban J connectivity index is 1.48. The SMILES string of the molecule is CC(CCc1ccccc1)NC(=O)C1CCN(S(=O)(=O)Cc2c(F)cccc2Cl)CC1. The van der Waals surface area contributed by atoms with Crippen LogP contribution in [0.25, 0.3) is 0 Å². The zero-order chi connectivity index (χ0) is 22.4. The first kappa shape index (κ1) is 23.7. The maximum absolute atomic E-state index is 14.0. The second-order valence-electron chi connectivity index (χ2n) is 8.06. The van der Waals surface area contributed by atoms with Gasteiger partial charge in [0.1, 0.15) is 5.82 Å². The Labute approximate surface area is 188 Å². The Morgan fingerprint density at radius 3 is 2.48 bits per heavy atom. The molecule has 3 rings (SSSR count). The highest BCUT2D eigenvalue weighted by molar-refractivity contribution is 7.88. The number of nitrogens with zero attached hydrogens (tertiary/aromatic N) is 1. The molecule has 0 aromatic heterocycles. The number of sulfonamides is 1. The van der Waals surface area contributed by atoms with Crippen molar-refractivity contribution in [2.24, 2.45) is 5.92 Å². The van der Waals surface area contributed by atoms with Crippen LogP contribution >= 0.6 is 11.6 Å². The van der Waals surface area contributed by atoms with E-state index in [1.54, 1.807) is 0 Å². The van der Waals surface area contributed by atoms with Crippen molar-refractivity contribution in [2.45, 2.75) is 44.4 Å². The average Bonchev–Trinajstić information content (AvgIpc) is 2.76. The number of carbonyl (C=O) groups is 1. The van der Waals surface area contributed by atoms with Gasteiger partial charge in [0.15, 0.2) is 0 Å². The van der Waals surface area contributed by atoms with Crippen LogP contribution in [0.5, 0.6) is 0 Å². The minimum absolute atomic E-state index is 0.0173. The molecule has 1 aliphatic heterocycles. The van der Waals surface area contributed by atoms with Gasteiger partial charge in [-0.2, -0.15) is 0 Å². The third-order valence-corrected chi connectivity index (χ3v) is 7.86. The molecule has 1 heterocycles. The number of benzene rings is 2. The normalized spacial score (nSPS) is 16.7. The molecule has 1 amide bonds. The number of amides is 1. The quantitative estimate of drug-likeness (QED) is 0.635. The number of hydrogen-bond acceptors (Lipinski definition) is 3. The third kappa shape index (κ3) is 6.51. The van der Waals surface area contributed by atoms with Crippen LogP contribution in [0.4, 0.5) is 4.39 Å². The molecule has 2 aromatic rings. The Morgan fingerprint density at radius 2 is 1.84 bits per heavy atom. The maximum Gasteiger partial charge on any atom is 0.223 e. The molecule has 31 heavy (non-hydrogen) atoms. The van der Waals surface area contributed by atoms with Gasteiger partial charge in [-0.1, -0.05) is 48.0 Å². The molecule has 1 aliphatic rings. The molecule has 0 spiro atoms. The molecule has 0 aliphatic carbocycles. The van der Waals surface area contributed by atoms with Crippen LogP contribution in [0.2, 0.25) is 5.02 Å². The van der Waals surface area contributed by atoms with E-state index in [9.17, 15) is 17.6 Å². The van der Waals surface area contributed by atoms with E-state index in [1.165, 1.54) is 28.1 Å². The second kappa shape index (κ2) is 10.6. The zero-order valence-corrected chi connectivity index (χ0v) is 19.1. The summed E-state index contributed by atoms with van der Waals surface area (Å²) in [6.07, 6.45) is 2.62. The van der Waals surface area contributed by atoms with Crippen molar-refractivity contribution in [1.29, 1.82) is 0 Å². The van der Waals surface area contributed by atoms with Crippen molar-refractivity contribution in [3.8, 4) is 0 Å². The van der Waals surface area contributed by atoms with Gasteiger partial charge in [-0.15, -0.1) is 0 Å². The van der Waals surface area contributed by atoms with Gasteiger partial charge in [0, 0.05) is 35.6 Å². The summed E-state index contributed by atoms with van der Waals surface area (Å²) in [4.78, 5) is 12.6. The zero-order valence-electron chi connectivity index (χ0n) is 17.6. The van der Waals surface area contributed by atoms with Gasteiger partial charge in [0.2, 0.25) is 15.9 Å². The minimum atomic E-state index is -3.72. The predicted octanol–water partition coefficient (Wildman–Crippen LogP) is 4.16. The molecule has 2 aromatic carbocycles. The predicted molar refractivity (Wildman–Crippen MR) is 121 cm³/mol. The molecule has 168 valence electrons. The Kier molecular flexibility index (Phi) is 8.08. The Bertz CT molecular complexity index is 973. The molecule has 0 radical (unpaired) electrons. The van der Waals surface area contributed by atoms with Crippen molar-refractivity contribution in [1.82, 2.24) is 9.62 Å². The number of aryl methyl sites for hydroxylation is 1. The summed E-state index contributed by atoms with van der Waals surface area (Å²) in [5, 5.41) is 3.15. The number of piperidine rings is 1. The van der Waals surface area contributed by atoms with E-state index < -0.39 is 21.6 Å². The molecule has 0 saturated carbocycles. The lowest BCUT2D eigenvalue weighted by Crippen LogP contribution is -2.45. The lowest BCUT2D eigenvalue weighted by atomic mass is 9.96. The number of nitrogens with one attached hydrogen (secondary N) is 1. The van der Waals surface area contributed by atoms with Gasteiger partial charge in [-0.25, -0.2) is 17.1 Å². The maximum atomic E-state index is 14.0. The molecule has 1 N–H and O–H groups in total. The number of hydrogen-bond donors (Lipinski definition) is 1. The van der Waals surface area contributed by atoms with Crippen LogP contribution in [-0.2, 0) is 27.0 Å². The van der Waals surface area contributed by atoms with E-state index >= 15 is 0 Å². The van der Waals surface area contributed by atoms with Gasteiger partial charge in [0.05, 0.1) is 5.75 Å². The lowest BCUT2D eigenvalue weighted by molar-refractivity contribution is -0.126. The molecule has 1 saturated heterocycles. The topological polar surface area (TPSA) is 66.5 Å². The highest BCUT2D eigenvalue weighted by atomic mass is 35.5. The molecular weight excluding hydrogens is 439 g/mol. The summed E-state index contributed by atoms with van der Waals surface area (Å²) >= 11 is 5.98. The number of carbonyl (C=O) groups excluding carboxylic acids is 1. The van der Waals surface area contributed by atoms with Gasteiger partial charge >= 0.3 is 0 Å². The summed E-state index contributed by atoms with van der Waals surface area (Å²) < 4.78 is 40.8. The van der Waals surface area contributed by atoms with Gasteiger partial charge in [-0.05, 0) is 50.3 Å². The molecule has 5 nitrogen and oxygen atoms in total. The van der Waals surface area contributed by atoms with E-state index in [4.69, 9.17) is 11.6 Å². The van der Waals surface area contributed by atoms with Gasteiger partial charge in [0.25, 0.3) is 0 Å². The summed E-state index contributed by atoms with van der Waals surface area (Å²) in [6, 6.07) is 14.3. The standard InChI is InChI=1S/C23H28ClFN2O3S/c1-17(10-11-18-6-3-2-4-7-18)26-23(28)19-12-14-27(15-13-19)31(29,30)16-20-21(24)8-5-9-22(20)25/h2-9,17,19H,10-16H2,1H3,(H,26,28). The molecule has 8 heteroatoms. The minimum Gasteiger partial charge on any atom is -0.353 e.